The van der Waals surface area contributed by atoms with Crippen LogP contribution in [0.2, 0.25) is 0 Å². The minimum atomic E-state index is 0.394. The van der Waals surface area contributed by atoms with Crippen molar-refractivity contribution in [3.8, 4) is 0 Å². The molecule has 2 saturated carbocycles. The number of nitrogens with one attached hydrogen (secondary N) is 2. The van der Waals surface area contributed by atoms with Gasteiger partial charge in [-0.2, -0.15) is 0 Å². The standard InChI is InChI=1S/C23H31N5O/c1-2-10-24-22(5-1)28-12-9-19(16-28)26-23(25-11-8-20-4-3-13-29-20)27-21-15-17-6-7-18(21)14-17/h1-5,10,13,17-19,21H,6-9,11-12,14-16H2,(H2,25,26,27). The molecule has 0 amide bonds. The van der Waals surface area contributed by atoms with Crippen molar-refractivity contribution >= 4 is 11.8 Å². The number of guanidine groups is 1. The van der Waals surface area contributed by atoms with E-state index in [9.17, 15) is 0 Å². The molecule has 0 spiro atoms. The first kappa shape index (κ1) is 18.5. The molecule has 1 saturated heterocycles. The second-order valence-corrected chi connectivity index (χ2v) is 8.75. The maximum atomic E-state index is 5.46. The molecular weight excluding hydrogens is 362 g/mol. The average Bonchev–Trinajstić information content (AvgIpc) is 3.54. The van der Waals surface area contributed by atoms with E-state index in [2.05, 4.69) is 32.7 Å². The van der Waals surface area contributed by atoms with Gasteiger partial charge in [0, 0.05) is 44.3 Å². The molecule has 5 rings (SSSR count). The van der Waals surface area contributed by atoms with E-state index in [-0.39, 0.29) is 0 Å². The molecule has 3 aliphatic rings. The molecule has 3 fully saturated rings. The molecule has 2 N–H and O–H groups in total. The largest absolute Gasteiger partial charge is 0.469 e. The third kappa shape index (κ3) is 4.41. The van der Waals surface area contributed by atoms with E-state index in [0.717, 1.165) is 61.8 Å². The van der Waals surface area contributed by atoms with Gasteiger partial charge in [0.15, 0.2) is 5.96 Å². The number of fused-ring (bicyclic) bond motifs is 2. The van der Waals surface area contributed by atoms with E-state index in [0.29, 0.717) is 12.1 Å². The van der Waals surface area contributed by atoms with Crippen molar-refractivity contribution in [3.05, 3.63) is 48.6 Å². The SMILES string of the molecule is c1ccc(N2CCC(NC(=NCCc3ccco3)NC3CC4CCC3C4)C2)nc1. The van der Waals surface area contributed by atoms with Gasteiger partial charge in [-0.1, -0.05) is 12.5 Å². The summed E-state index contributed by atoms with van der Waals surface area (Å²) in [5, 5.41) is 7.50. The summed E-state index contributed by atoms with van der Waals surface area (Å²) in [5.41, 5.74) is 0. The highest BCUT2D eigenvalue weighted by Crippen LogP contribution is 2.44. The predicted molar refractivity (Wildman–Crippen MR) is 115 cm³/mol. The van der Waals surface area contributed by atoms with Crippen LogP contribution in [0.4, 0.5) is 5.82 Å². The summed E-state index contributed by atoms with van der Waals surface area (Å²) in [7, 11) is 0. The van der Waals surface area contributed by atoms with E-state index in [1.54, 1.807) is 6.26 Å². The summed E-state index contributed by atoms with van der Waals surface area (Å²) in [6.45, 7) is 2.73. The zero-order valence-corrected chi connectivity index (χ0v) is 17.0. The van der Waals surface area contributed by atoms with Crippen LogP contribution in [-0.2, 0) is 6.42 Å². The van der Waals surface area contributed by atoms with Crippen LogP contribution in [0, 0.1) is 11.8 Å². The monoisotopic (exact) mass is 393 g/mol. The molecule has 4 unspecified atom stereocenters. The number of furan rings is 1. The molecule has 1 aliphatic heterocycles. The van der Waals surface area contributed by atoms with Crippen LogP contribution in [0.1, 0.15) is 37.9 Å². The maximum Gasteiger partial charge on any atom is 0.191 e. The molecule has 2 bridgehead atoms. The fourth-order valence-electron chi connectivity index (χ4n) is 5.28. The highest BCUT2D eigenvalue weighted by molar-refractivity contribution is 5.80. The number of nitrogens with zero attached hydrogens (tertiary/aromatic N) is 3. The Hall–Kier alpha value is -2.50. The van der Waals surface area contributed by atoms with Crippen molar-refractivity contribution in [2.45, 2.75) is 50.6 Å². The summed E-state index contributed by atoms with van der Waals surface area (Å²) < 4.78 is 5.46. The molecule has 0 aromatic carbocycles. The highest BCUT2D eigenvalue weighted by atomic mass is 16.3. The summed E-state index contributed by atoms with van der Waals surface area (Å²) in [4.78, 5) is 11.8. The lowest BCUT2D eigenvalue weighted by atomic mass is 9.95. The normalized spacial score (nSPS) is 28.8. The molecule has 3 heterocycles. The van der Waals surface area contributed by atoms with Gasteiger partial charge < -0.3 is 20.0 Å². The van der Waals surface area contributed by atoms with Crippen LogP contribution in [-0.4, -0.2) is 42.7 Å². The van der Waals surface area contributed by atoms with Crippen molar-refractivity contribution < 1.29 is 4.42 Å². The third-order valence-corrected chi connectivity index (χ3v) is 6.77. The molecule has 0 radical (unpaired) electrons. The van der Waals surface area contributed by atoms with E-state index >= 15 is 0 Å². The lowest BCUT2D eigenvalue weighted by Gasteiger charge is -2.27. The number of rotatable bonds is 6. The number of aromatic nitrogens is 1. The summed E-state index contributed by atoms with van der Waals surface area (Å²) >= 11 is 0. The summed E-state index contributed by atoms with van der Waals surface area (Å²) in [6.07, 6.45) is 11.0. The lowest BCUT2D eigenvalue weighted by Crippen LogP contribution is -2.49. The van der Waals surface area contributed by atoms with Gasteiger partial charge in [-0.15, -0.1) is 0 Å². The Kier molecular flexibility index (Phi) is 5.41. The van der Waals surface area contributed by atoms with Crippen molar-refractivity contribution in [1.82, 2.24) is 15.6 Å². The summed E-state index contributed by atoms with van der Waals surface area (Å²) in [6, 6.07) is 11.1. The molecule has 6 nitrogen and oxygen atoms in total. The lowest BCUT2D eigenvalue weighted by molar-refractivity contribution is 0.385. The fraction of sp³-hybridized carbons (Fsp3) is 0.565. The third-order valence-electron chi connectivity index (χ3n) is 6.77. The van der Waals surface area contributed by atoms with Gasteiger partial charge >= 0.3 is 0 Å². The Morgan fingerprint density at radius 1 is 1.14 bits per heavy atom. The minimum Gasteiger partial charge on any atom is -0.469 e. The number of pyridine rings is 1. The number of anilines is 1. The van der Waals surface area contributed by atoms with Crippen LogP contribution in [0.3, 0.4) is 0 Å². The van der Waals surface area contributed by atoms with Gasteiger partial charge in [-0.25, -0.2) is 4.98 Å². The second-order valence-electron chi connectivity index (χ2n) is 8.75. The van der Waals surface area contributed by atoms with Crippen molar-refractivity contribution in [2.75, 3.05) is 24.5 Å². The molecular formula is C23H31N5O. The first-order valence-corrected chi connectivity index (χ1v) is 11.1. The Balaban J connectivity index is 1.21. The highest BCUT2D eigenvalue weighted by Gasteiger charge is 2.40. The van der Waals surface area contributed by atoms with Gasteiger partial charge in [-0.05, 0) is 61.8 Å². The topological polar surface area (TPSA) is 65.7 Å². The van der Waals surface area contributed by atoms with E-state index < -0.39 is 0 Å². The molecule has 4 atom stereocenters. The number of aliphatic imine (C=N–C) groups is 1. The van der Waals surface area contributed by atoms with Gasteiger partial charge in [0.1, 0.15) is 11.6 Å². The van der Waals surface area contributed by atoms with Gasteiger partial charge in [0.2, 0.25) is 0 Å². The van der Waals surface area contributed by atoms with Crippen LogP contribution in [0.15, 0.2) is 52.2 Å². The number of hydrogen-bond acceptors (Lipinski definition) is 4. The fourth-order valence-corrected chi connectivity index (χ4v) is 5.28. The Morgan fingerprint density at radius 2 is 2.14 bits per heavy atom. The van der Waals surface area contributed by atoms with Crippen molar-refractivity contribution in [1.29, 1.82) is 0 Å². The van der Waals surface area contributed by atoms with Crippen LogP contribution < -0.4 is 15.5 Å². The van der Waals surface area contributed by atoms with E-state index in [1.807, 2.05) is 24.4 Å². The van der Waals surface area contributed by atoms with Crippen LogP contribution in [0.5, 0.6) is 0 Å². The second kappa shape index (κ2) is 8.47. The van der Waals surface area contributed by atoms with Crippen molar-refractivity contribution in [2.24, 2.45) is 16.8 Å². The molecule has 2 aliphatic carbocycles. The molecule has 2 aromatic rings. The smallest absolute Gasteiger partial charge is 0.191 e. The Labute approximate surface area is 172 Å². The van der Waals surface area contributed by atoms with Gasteiger partial charge in [-0.3, -0.25) is 4.99 Å². The quantitative estimate of drug-likeness (QED) is 0.583. The first-order valence-electron chi connectivity index (χ1n) is 11.1. The minimum absolute atomic E-state index is 0.394. The average molecular weight is 394 g/mol. The first-order chi connectivity index (χ1) is 14.3. The maximum absolute atomic E-state index is 5.46. The zero-order chi connectivity index (χ0) is 19.5. The van der Waals surface area contributed by atoms with E-state index in [1.165, 1.54) is 25.7 Å². The van der Waals surface area contributed by atoms with Crippen molar-refractivity contribution in [3.63, 3.8) is 0 Å². The zero-order valence-electron chi connectivity index (χ0n) is 17.0. The molecule has 29 heavy (non-hydrogen) atoms. The van der Waals surface area contributed by atoms with Crippen LogP contribution in [0.25, 0.3) is 0 Å². The number of hydrogen-bond donors (Lipinski definition) is 2. The predicted octanol–water partition coefficient (Wildman–Crippen LogP) is 3.22. The Bertz CT molecular complexity index is 806. The van der Waals surface area contributed by atoms with Crippen LogP contribution >= 0.6 is 0 Å². The molecule has 2 aromatic heterocycles. The van der Waals surface area contributed by atoms with Gasteiger partial charge in [0.05, 0.1) is 6.26 Å². The van der Waals surface area contributed by atoms with Gasteiger partial charge in [0.25, 0.3) is 0 Å². The molecule has 6 heteroatoms. The molecule has 154 valence electrons. The van der Waals surface area contributed by atoms with E-state index in [4.69, 9.17) is 9.41 Å². The summed E-state index contributed by atoms with van der Waals surface area (Å²) in [5.74, 6) is 4.78. The Morgan fingerprint density at radius 3 is 2.90 bits per heavy atom.